The minimum atomic E-state index is -0.102. The van der Waals surface area contributed by atoms with Crippen molar-refractivity contribution in [1.29, 1.82) is 0 Å². The number of aliphatic hydroxyl groups is 1. The summed E-state index contributed by atoms with van der Waals surface area (Å²) in [6.07, 6.45) is 3.98. The molecule has 3 heteroatoms. The van der Waals surface area contributed by atoms with Crippen LogP contribution in [0.4, 0.5) is 0 Å². The molecule has 0 spiro atoms. The second kappa shape index (κ2) is 3.63. The van der Waals surface area contributed by atoms with Crippen LogP contribution in [0, 0.1) is 5.92 Å². The van der Waals surface area contributed by atoms with Crippen molar-refractivity contribution in [2.75, 3.05) is 0 Å². The Bertz CT molecular complexity index is 412. The first kappa shape index (κ1) is 10.9. The fourth-order valence-electron chi connectivity index (χ4n) is 3.21. The molecule has 2 aliphatic rings. The van der Waals surface area contributed by atoms with E-state index < -0.39 is 0 Å². The van der Waals surface area contributed by atoms with E-state index in [1.165, 1.54) is 12.0 Å². The van der Waals surface area contributed by atoms with Crippen LogP contribution in [0.1, 0.15) is 31.2 Å². The standard InChI is InChI=1S/C13H14Cl2O/c14-10-3-8(4-11(15)6-10)13-2-1-12(16)5-9(13)7-13/h3-4,6,9,12,16H,1-2,5,7H2/t9?,12-,13-/m1/s1. The highest BCUT2D eigenvalue weighted by Gasteiger charge is 2.57. The average molecular weight is 257 g/mol. The van der Waals surface area contributed by atoms with Crippen molar-refractivity contribution in [3.63, 3.8) is 0 Å². The van der Waals surface area contributed by atoms with Gasteiger partial charge in [-0.2, -0.15) is 0 Å². The van der Waals surface area contributed by atoms with Gasteiger partial charge in [0.1, 0.15) is 0 Å². The first-order valence-corrected chi connectivity index (χ1v) is 6.50. The lowest BCUT2D eigenvalue weighted by molar-refractivity contribution is 0.119. The van der Waals surface area contributed by atoms with Crippen molar-refractivity contribution in [3.8, 4) is 0 Å². The molecule has 0 heterocycles. The maximum absolute atomic E-state index is 9.62. The van der Waals surface area contributed by atoms with Crippen molar-refractivity contribution in [1.82, 2.24) is 0 Å². The quantitative estimate of drug-likeness (QED) is 0.811. The summed E-state index contributed by atoms with van der Waals surface area (Å²) in [6.45, 7) is 0. The highest BCUT2D eigenvalue weighted by atomic mass is 35.5. The Labute approximate surface area is 105 Å². The van der Waals surface area contributed by atoms with E-state index >= 15 is 0 Å². The molecule has 1 N–H and O–H groups in total. The second-order valence-electron chi connectivity index (χ2n) is 5.14. The number of hydrogen-bond donors (Lipinski definition) is 1. The summed E-state index contributed by atoms with van der Waals surface area (Å²) in [7, 11) is 0. The lowest BCUT2D eigenvalue weighted by Crippen LogP contribution is -2.22. The van der Waals surface area contributed by atoms with Crippen LogP contribution < -0.4 is 0 Å². The number of halogens is 2. The third-order valence-electron chi connectivity index (χ3n) is 4.15. The molecule has 16 heavy (non-hydrogen) atoms. The molecular formula is C13H14Cl2O. The Balaban J connectivity index is 1.94. The van der Waals surface area contributed by atoms with Gasteiger partial charge >= 0.3 is 0 Å². The summed E-state index contributed by atoms with van der Waals surface area (Å²) in [4.78, 5) is 0. The van der Waals surface area contributed by atoms with E-state index in [0.717, 1.165) is 19.3 Å². The average Bonchev–Trinajstić information content (AvgIpc) is 2.91. The number of rotatable bonds is 1. The van der Waals surface area contributed by atoms with E-state index in [1.807, 2.05) is 12.1 Å². The molecule has 0 aliphatic heterocycles. The fourth-order valence-corrected chi connectivity index (χ4v) is 3.73. The van der Waals surface area contributed by atoms with Crippen LogP contribution in [-0.4, -0.2) is 11.2 Å². The zero-order chi connectivity index (χ0) is 11.3. The maximum Gasteiger partial charge on any atom is 0.0543 e. The Hall–Kier alpha value is -0.240. The molecule has 2 fully saturated rings. The van der Waals surface area contributed by atoms with Gasteiger partial charge in [0.25, 0.3) is 0 Å². The first-order valence-electron chi connectivity index (χ1n) is 5.75. The van der Waals surface area contributed by atoms with E-state index in [9.17, 15) is 5.11 Å². The van der Waals surface area contributed by atoms with Crippen LogP contribution >= 0.6 is 23.2 Å². The van der Waals surface area contributed by atoms with Crippen LogP contribution in [0.2, 0.25) is 10.0 Å². The fraction of sp³-hybridized carbons (Fsp3) is 0.538. The molecule has 1 aromatic rings. The zero-order valence-electron chi connectivity index (χ0n) is 8.92. The number of aliphatic hydroxyl groups excluding tert-OH is 1. The number of benzene rings is 1. The van der Waals surface area contributed by atoms with E-state index in [-0.39, 0.29) is 11.5 Å². The van der Waals surface area contributed by atoms with Gasteiger partial charge in [-0.05, 0) is 60.8 Å². The summed E-state index contributed by atoms with van der Waals surface area (Å²) in [5.74, 6) is 0.630. The largest absolute Gasteiger partial charge is 0.393 e. The Morgan fingerprint density at radius 2 is 1.88 bits per heavy atom. The first-order chi connectivity index (χ1) is 7.60. The minimum Gasteiger partial charge on any atom is -0.393 e. The van der Waals surface area contributed by atoms with Gasteiger partial charge in [0.15, 0.2) is 0 Å². The van der Waals surface area contributed by atoms with E-state index in [0.29, 0.717) is 16.0 Å². The van der Waals surface area contributed by atoms with Crippen molar-refractivity contribution in [2.45, 2.75) is 37.2 Å². The minimum absolute atomic E-state index is 0.102. The summed E-state index contributed by atoms with van der Waals surface area (Å²) in [5, 5.41) is 11.1. The summed E-state index contributed by atoms with van der Waals surface area (Å²) >= 11 is 12.1. The van der Waals surface area contributed by atoms with Gasteiger partial charge in [-0.25, -0.2) is 0 Å². The van der Waals surface area contributed by atoms with Crippen LogP contribution in [0.25, 0.3) is 0 Å². The van der Waals surface area contributed by atoms with Crippen LogP contribution in [-0.2, 0) is 5.41 Å². The summed E-state index contributed by atoms with van der Waals surface area (Å²) < 4.78 is 0. The lowest BCUT2D eigenvalue weighted by Gasteiger charge is -2.26. The highest BCUT2D eigenvalue weighted by Crippen LogP contribution is 2.62. The van der Waals surface area contributed by atoms with Gasteiger partial charge in [0.2, 0.25) is 0 Å². The predicted octanol–water partition coefficient (Wildman–Crippen LogP) is 3.80. The Morgan fingerprint density at radius 1 is 1.19 bits per heavy atom. The van der Waals surface area contributed by atoms with Crippen molar-refractivity contribution < 1.29 is 5.11 Å². The molecule has 86 valence electrons. The molecule has 0 radical (unpaired) electrons. The van der Waals surface area contributed by atoms with E-state index in [2.05, 4.69) is 0 Å². The van der Waals surface area contributed by atoms with Gasteiger partial charge in [-0.3, -0.25) is 0 Å². The Kier molecular flexibility index (Phi) is 2.47. The van der Waals surface area contributed by atoms with Crippen LogP contribution in [0.15, 0.2) is 18.2 Å². The van der Waals surface area contributed by atoms with Crippen LogP contribution in [0.3, 0.4) is 0 Å². The Morgan fingerprint density at radius 3 is 2.50 bits per heavy atom. The molecule has 1 aromatic carbocycles. The molecule has 1 unspecified atom stereocenters. The molecule has 0 saturated heterocycles. The summed E-state index contributed by atoms with van der Waals surface area (Å²) in [6, 6.07) is 5.84. The van der Waals surface area contributed by atoms with Gasteiger partial charge in [-0.1, -0.05) is 23.2 Å². The number of hydrogen-bond acceptors (Lipinski definition) is 1. The zero-order valence-corrected chi connectivity index (χ0v) is 10.4. The lowest BCUT2D eigenvalue weighted by atomic mass is 9.82. The van der Waals surface area contributed by atoms with Crippen molar-refractivity contribution in [3.05, 3.63) is 33.8 Å². The van der Waals surface area contributed by atoms with Gasteiger partial charge in [0.05, 0.1) is 6.10 Å². The molecule has 2 saturated carbocycles. The van der Waals surface area contributed by atoms with Gasteiger partial charge < -0.3 is 5.11 Å². The molecular weight excluding hydrogens is 243 g/mol. The normalized spacial score (nSPS) is 36.9. The summed E-state index contributed by atoms with van der Waals surface area (Å²) in [5.41, 5.74) is 1.54. The molecule has 3 rings (SSSR count). The van der Waals surface area contributed by atoms with Crippen molar-refractivity contribution >= 4 is 23.2 Å². The number of fused-ring (bicyclic) bond motifs is 1. The molecule has 0 bridgehead atoms. The van der Waals surface area contributed by atoms with E-state index in [1.54, 1.807) is 6.07 Å². The monoisotopic (exact) mass is 256 g/mol. The third-order valence-corrected chi connectivity index (χ3v) is 4.59. The van der Waals surface area contributed by atoms with Gasteiger partial charge in [0, 0.05) is 10.0 Å². The highest BCUT2D eigenvalue weighted by molar-refractivity contribution is 6.34. The third kappa shape index (κ3) is 1.66. The maximum atomic E-state index is 9.62. The smallest absolute Gasteiger partial charge is 0.0543 e. The SMILES string of the molecule is O[C@@H]1CC[C@]2(c3cc(Cl)cc(Cl)c3)CC2C1. The molecule has 1 nitrogen and oxygen atoms in total. The molecule has 0 aromatic heterocycles. The molecule has 2 aliphatic carbocycles. The van der Waals surface area contributed by atoms with Crippen molar-refractivity contribution in [2.24, 2.45) is 5.92 Å². The topological polar surface area (TPSA) is 20.2 Å². The second-order valence-corrected chi connectivity index (χ2v) is 6.02. The molecule has 0 amide bonds. The van der Waals surface area contributed by atoms with Gasteiger partial charge in [-0.15, -0.1) is 0 Å². The van der Waals surface area contributed by atoms with E-state index in [4.69, 9.17) is 23.2 Å². The van der Waals surface area contributed by atoms with Crippen LogP contribution in [0.5, 0.6) is 0 Å². The molecule has 3 atom stereocenters. The predicted molar refractivity (Wildman–Crippen MR) is 66.1 cm³/mol.